The van der Waals surface area contributed by atoms with Gasteiger partial charge in [-0.1, -0.05) is 36.8 Å². The summed E-state index contributed by atoms with van der Waals surface area (Å²) in [6.45, 7) is 1.09. The van der Waals surface area contributed by atoms with Gasteiger partial charge in [-0.2, -0.15) is 4.31 Å². The highest BCUT2D eigenvalue weighted by atomic mass is 32.2. The Balaban J connectivity index is 1.33. The number of piperidine rings is 1. The number of rotatable bonds is 4. The predicted octanol–water partition coefficient (Wildman–Crippen LogP) is 4.32. The highest BCUT2D eigenvalue weighted by Gasteiger charge is 2.28. The molecule has 1 aliphatic heterocycles. The summed E-state index contributed by atoms with van der Waals surface area (Å²) in [7, 11) is -3.52. The van der Waals surface area contributed by atoms with Gasteiger partial charge < -0.3 is 5.32 Å². The molecule has 3 aromatic rings. The standard InChI is InChI=1S/C25H22N2O4S/c28-24-22-7-3-2-6-20(22)21-13-8-17(16-23(21)24)25(29)26-18-9-11-19(12-10-18)32(30,31)27-14-4-1-5-15-27/h2-3,6-13,16H,1,4-5,14-15H2,(H,26,29). The molecule has 1 saturated heterocycles. The third-order valence-electron chi connectivity index (χ3n) is 6.05. The molecule has 1 heterocycles. The summed E-state index contributed by atoms with van der Waals surface area (Å²) in [6.07, 6.45) is 2.81. The van der Waals surface area contributed by atoms with Crippen LogP contribution < -0.4 is 5.32 Å². The average molecular weight is 447 g/mol. The fourth-order valence-corrected chi connectivity index (χ4v) is 5.85. The number of hydrogen-bond acceptors (Lipinski definition) is 4. The van der Waals surface area contributed by atoms with Gasteiger partial charge in [-0.15, -0.1) is 0 Å². The number of carbonyl (C=O) groups is 2. The minimum absolute atomic E-state index is 0.0856. The molecule has 5 rings (SSSR count). The maximum Gasteiger partial charge on any atom is 0.255 e. The molecule has 6 nitrogen and oxygen atoms in total. The molecule has 3 aromatic carbocycles. The molecule has 162 valence electrons. The fourth-order valence-electron chi connectivity index (χ4n) is 4.34. The van der Waals surface area contributed by atoms with Crippen molar-refractivity contribution in [1.82, 2.24) is 4.31 Å². The van der Waals surface area contributed by atoms with E-state index in [1.807, 2.05) is 18.2 Å². The summed E-state index contributed by atoms with van der Waals surface area (Å²) >= 11 is 0. The van der Waals surface area contributed by atoms with E-state index in [1.54, 1.807) is 36.4 Å². The Bertz CT molecular complexity index is 1320. The quantitative estimate of drug-likeness (QED) is 0.506. The summed E-state index contributed by atoms with van der Waals surface area (Å²) in [5, 5.41) is 2.78. The molecular formula is C25H22N2O4S. The molecule has 32 heavy (non-hydrogen) atoms. The van der Waals surface area contributed by atoms with Crippen molar-refractivity contribution in [2.45, 2.75) is 24.2 Å². The number of fused-ring (bicyclic) bond motifs is 3. The minimum Gasteiger partial charge on any atom is -0.322 e. The molecule has 0 unspecified atom stereocenters. The van der Waals surface area contributed by atoms with Crippen LogP contribution in [0.5, 0.6) is 0 Å². The topological polar surface area (TPSA) is 83.6 Å². The monoisotopic (exact) mass is 446 g/mol. The Morgan fingerprint density at radius 1 is 0.781 bits per heavy atom. The van der Waals surface area contributed by atoms with Crippen molar-refractivity contribution in [1.29, 1.82) is 0 Å². The molecule has 1 N–H and O–H groups in total. The lowest BCUT2D eigenvalue weighted by molar-refractivity contribution is 0.102. The minimum atomic E-state index is -3.52. The zero-order chi connectivity index (χ0) is 22.3. The van der Waals surface area contributed by atoms with Crippen molar-refractivity contribution in [3.05, 3.63) is 83.4 Å². The molecule has 7 heteroatoms. The SMILES string of the molecule is O=C(Nc1ccc(S(=O)(=O)N2CCCCC2)cc1)c1ccc2c(c1)C(=O)c1ccccc1-2. The van der Waals surface area contributed by atoms with Crippen LogP contribution in [0.4, 0.5) is 5.69 Å². The third-order valence-corrected chi connectivity index (χ3v) is 7.97. The summed E-state index contributed by atoms with van der Waals surface area (Å²) in [5.41, 5.74) is 3.73. The molecular weight excluding hydrogens is 424 g/mol. The van der Waals surface area contributed by atoms with Crippen molar-refractivity contribution in [2.24, 2.45) is 0 Å². The van der Waals surface area contributed by atoms with Gasteiger partial charge in [-0.05, 0) is 60.4 Å². The number of carbonyl (C=O) groups excluding carboxylic acids is 2. The fraction of sp³-hybridized carbons (Fsp3) is 0.200. The Morgan fingerprint density at radius 2 is 1.44 bits per heavy atom. The molecule has 0 radical (unpaired) electrons. The predicted molar refractivity (Wildman–Crippen MR) is 122 cm³/mol. The number of sulfonamides is 1. The lowest BCUT2D eigenvalue weighted by atomic mass is 10.0. The Morgan fingerprint density at radius 3 is 2.16 bits per heavy atom. The van der Waals surface area contributed by atoms with Crippen LogP contribution in [-0.4, -0.2) is 37.5 Å². The smallest absolute Gasteiger partial charge is 0.255 e. The molecule has 1 amide bonds. The second kappa shape index (κ2) is 8.00. The van der Waals surface area contributed by atoms with Crippen LogP contribution in [0.1, 0.15) is 45.5 Å². The van der Waals surface area contributed by atoms with Gasteiger partial charge in [-0.3, -0.25) is 9.59 Å². The van der Waals surface area contributed by atoms with Gasteiger partial charge >= 0.3 is 0 Å². The normalized spacial score (nSPS) is 15.8. The highest BCUT2D eigenvalue weighted by molar-refractivity contribution is 7.89. The molecule has 0 saturated carbocycles. The maximum atomic E-state index is 12.8. The molecule has 0 aromatic heterocycles. The largest absolute Gasteiger partial charge is 0.322 e. The molecule has 2 aliphatic rings. The lowest BCUT2D eigenvalue weighted by Gasteiger charge is -2.25. The molecule has 1 fully saturated rings. The summed E-state index contributed by atoms with van der Waals surface area (Å²) in [6, 6.07) is 18.7. The number of benzene rings is 3. The van der Waals surface area contributed by atoms with Gasteiger partial charge in [0, 0.05) is 35.5 Å². The van der Waals surface area contributed by atoms with Gasteiger partial charge in [-0.25, -0.2) is 8.42 Å². The molecule has 1 aliphatic carbocycles. The number of anilines is 1. The van der Waals surface area contributed by atoms with E-state index >= 15 is 0 Å². The van der Waals surface area contributed by atoms with Crippen molar-refractivity contribution < 1.29 is 18.0 Å². The van der Waals surface area contributed by atoms with E-state index in [9.17, 15) is 18.0 Å². The third kappa shape index (κ3) is 3.53. The molecule has 0 bridgehead atoms. The summed E-state index contributed by atoms with van der Waals surface area (Å²) in [5.74, 6) is -0.444. The first-order valence-electron chi connectivity index (χ1n) is 10.6. The van der Waals surface area contributed by atoms with E-state index in [1.165, 1.54) is 16.4 Å². The number of nitrogens with zero attached hydrogens (tertiary/aromatic N) is 1. The zero-order valence-corrected chi connectivity index (χ0v) is 18.2. The van der Waals surface area contributed by atoms with Crippen molar-refractivity contribution in [3.8, 4) is 11.1 Å². The Kier molecular flexibility index (Phi) is 5.15. The second-order valence-electron chi connectivity index (χ2n) is 8.08. The van der Waals surface area contributed by atoms with Crippen molar-refractivity contribution in [2.75, 3.05) is 18.4 Å². The van der Waals surface area contributed by atoms with Gasteiger partial charge in [0.05, 0.1) is 4.90 Å². The van der Waals surface area contributed by atoms with E-state index in [0.717, 1.165) is 30.4 Å². The van der Waals surface area contributed by atoms with Crippen LogP contribution in [0.25, 0.3) is 11.1 Å². The number of ketones is 1. The van der Waals surface area contributed by atoms with Crippen LogP contribution in [0.15, 0.2) is 71.6 Å². The maximum absolute atomic E-state index is 12.8. The van der Waals surface area contributed by atoms with Crippen LogP contribution in [0.2, 0.25) is 0 Å². The van der Waals surface area contributed by atoms with Gasteiger partial charge in [0.25, 0.3) is 5.91 Å². The lowest BCUT2D eigenvalue weighted by Crippen LogP contribution is -2.35. The van der Waals surface area contributed by atoms with Crippen molar-refractivity contribution in [3.63, 3.8) is 0 Å². The Hall–Kier alpha value is -3.29. The van der Waals surface area contributed by atoms with Gasteiger partial charge in [0.15, 0.2) is 5.78 Å². The molecule has 0 spiro atoms. The van der Waals surface area contributed by atoms with E-state index in [0.29, 0.717) is 35.5 Å². The van der Waals surface area contributed by atoms with Crippen LogP contribution in [0.3, 0.4) is 0 Å². The van der Waals surface area contributed by atoms with Gasteiger partial charge in [0.1, 0.15) is 0 Å². The Labute approximate surface area is 186 Å². The first-order valence-corrected chi connectivity index (χ1v) is 12.1. The summed E-state index contributed by atoms with van der Waals surface area (Å²) < 4.78 is 27.1. The number of nitrogens with one attached hydrogen (secondary N) is 1. The van der Waals surface area contributed by atoms with Crippen molar-refractivity contribution >= 4 is 27.4 Å². The highest BCUT2D eigenvalue weighted by Crippen LogP contribution is 2.36. The number of amides is 1. The number of hydrogen-bond donors (Lipinski definition) is 1. The van der Waals surface area contributed by atoms with E-state index < -0.39 is 10.0 Å². The van der Waals surface area contributed by atoms with E-state index in [4.69, 9.17) is 0 Å². The first kappa shape index (κ1) is 20.6. The van der Waals surface area contributed by atoms with Gasteiger partial charge in [0.2, 0.25) is 10.0 Å². The van der Waals surface area contributed by atoms with E-state index in [-0.39, 0.29) is 16.6 Å². The zero-order valence-electron chi connectivity index (χ0n) is 17.4. The van der Waals surface area contributed by atoms with Crippen LogP contribution in [-0.2, 0) is 10.0 Å². The van der Waals surface area contributed by atoms with Crippen LogP contribution in [0, 0.1) is 0 Å². The summed E-state index contributed by atoms with van der Waals surface area (Å²) in [4.78, 5) is 25.7. The molecule has 0 atom stereocenters. The average Bonchev–Trinajstić information content (AvgIpc) is 3.12. The van der Waals surface area contributed by atoms with Crippen LogP contribution >= 0.6 is 0 Å². The van der Waals surface area contributed by atoms with E-state index in [2.05, 4.69) is 5.32 Å². The second-order valence-corrected chi connectivity index (χ2v) is 10.0. The first-order chi connectivity index (χ1) is 15.4.